The van der Waals surface area contributed by atoms with E-state index < -0.39 is 0 Å². The number of rotatable bonds is 1. The molecule has 0 radical (unpaired) electrons. The van der Waals surface area contributed by atoms with Crippen LogP contribution in [-0.4, -0.2) is 4.98 Å². The van der Waals surface area contributed by atoms with Crippen LogP contribution in [-0.2, 0) is 0 Å². The minimum Gasteiger partial charge on any atom is -0.421 e. The molecule has 0 spiro atoms. The normalized spacial score (nSPS) is 10.6. The summed E-state index contributed by atoms with van der Waals surface area (Å²) in [6.07, 6.45) is 1.67. The summed E-state index contributed by atoms with van der Waals surface area (Å²) in [4.78, 5) is 15.9. The van der Waals surface area contributed by atoms with Crippen molar-refractivity contribution >= 4 is 10.8 Å². The van der Waals surface area contributed by atoms with Crippen LogP contribution in [0.2, 0.25) is 0 Å². The summed E-state index contributed by atoms with van der Waals surface area (Å²) in [5.41, 5.74) is 0.333. The average Bonchev–Trinajstić information content (AvgIpc) is 2.40. The molecule has 3 heteroatoms. The van der Waals surface area contributed by atoms with Crippen LogP contribution in [0.3, 0.4) is 0 Å². The van der Waals surface area contributed by atoms with Crippen molar-refractivity contribution < 1.29 is 4.42 Å². The zero-order chi connectivity index (χ0) is 11.7. The highest BCUT2D eigenvalue weighted by Gasteiger charge is 2.06. The van der Waals surface area contributed by atoms with Gasteiger partial charge in [0, 0.05) is 6.20 Å². The lowest BCUT2D eigenvalue weighted by Crippen LogP contribution is -2.00. The Morgan fingerprint density at radius 1 is 1.00 bits per heavy atom. The van der Waals surface area contributed by atoms with Gasteiger partial charge in [0.25, 0.3) is 0 Å². The quantitative estimate of drug-likeness (QED) is 0.637. The molecule has 0 aliphatic heterocycles. The van der Waals surface area contributed by atoms with Gasteiger partial charge < -0.3 is 4.42 Å². The monoisotopic (exact) mass is 223 g/mol. The Balaban J connectivity index is 2.30. The molecule has 0 atom stereocenters. The molecule has 0 saturated heterocycles. The third-order valence-electron chi connectivity index (χ3n) is 2.59. The maximum Gasteiger partial charge on any atom is 0.344 e. The van der Waals surface area contributed by atoms with Crippen molar-refractivity contribution in [2.24, 2.45) is 0 Å². The molecule has 0 unspecified atom stereocenters. The molecule has 2 aromatic heterocycles. The summed E-state index contributed by atoms with van der Waals surface area (Å²) < 4.78 is 5.26. The SMILES string of the molecule is O=c1oc(-c2ccccn2)cc2ccccc12. The Labute approximate surface area is 97.4 Å². The summed E-state index contributed by atoms with van der Waals surface area (Å²) in [7, 11) is 0. The summed E-state index contributed by atoms with van der Waals surface area (Å²) in [6.45, 7) is 0. The highest BCUT2D eigenvalue weighted by atomic mass is 16.4. The minimum atomic E-state index is -0.330. The van der Waals surface area contributed by atoms with E-state index in [4.69, 9.17) is 4.42 Å². The second kappa shape index (κ2) is 3.87. The van der Waals surface area contributed by atoms with Crippen molar-refractivity contribution in [1.82, 2.24) is 4.98 Å². The van der Waals surface area contributed by atoms with E-state index in [1.807, 2.05) is 42.5 Å². The smallest absolute Gasteiger partial charge is 0.344 e. The van der Waals surface area contributed by atoms with E-state index in [0.29, 0.717) is 16.8 Å². The lowest BCUT2D eigenvalue weighted by molar-refractivity contribution is 0.532. The molecule has 3 nitrogen and oxygen atoms in total. The molecule has 17 heavy (non-hydrogen) atoms. The maximum absolute atomic E-state index is 11.8. The van der Waals surface area contributed by atoms with Crippen molar-refractivity contribution in [1.29, 1.82) is 0 Å². The largest absolute Gasteiger partial charge is 0.421 e. The molecule has 0 amide bonds. The molecule has 0 aliphatic rings. The summed E-state index contributed by atoms with van der Waals surface area (Å²) in [6, 6.07) is 14.7. The van der Waals surface area contributed by atoms with Gasteiger partial charge in [-0.3, -0.25) is 4.98 Å². The first-order valence-electron chi connectivity index (χ1n) is 5.29. The van der Waals surface area contributed by atoms with E-state index in [1.54, 1.807) is 12.3 Å². The fraction of sp³-hybridized carbons (Fsp3) is 0. The van der Waals surface area contributed by atoms with Crippen molar-refractivity contribution in [2.45, 2.75) is 0 Å². The molecule has 0 N–H and O–H groups in total. The molecule has 1 aromatic carbocycles. The van der Waals surface area contributed by atoms with Gasteiger partial charge in [-0.2, -0.15) is 0 Å². The van der Waals surface area contributed by atoms with E-state index >= 15 is 0 Å². The lowest BCUT2D eigenvalue weighted by Gasteiger charge is -2.00. The van der Waals surface area contributed by atoms with Crippen LogP contribution in [0.15, 0.2) is 63.9 Å². The molecule has 0 saturated carbocycles. The summed E-state index contributed by atoms with van der Waals surface area (Å²) >= 11 is 0. The number of benzene rings is 1. The van der Waals surface area contributed by atoms with Crippen LogP contribution in [0.1, 0.15) is 0 Å². The predicted molar refractivity (Wildman–Crippen MR) is 65.7 cm³/mol. The van der Waals surface area contributed by atoms with E-state index in [0.717, 1.165) is 5.39 Å². The van der Waals surface area contributed by atoms with Crippen molar-refractivity contribution in [2.75, 3.05) is 0 Å². The maximum atomic E-state index is 11.8. The third kappa shape index (κ3) is 1.72. The van der Waals surface area contributed by atoms with Gasteiger partial charge in [-0.25, -0.2) is 4.79 Å². The Morgan fingerprint density at radius 2 is 1.82 bits per heavy atom. The minimum absolute atomic E-state index is 0.330. The number of fused-ring (bicyclic) bond motifs is 1. The first-order valence-corrected chi connectivity index (χ1v) is 5.29. The highest BCUT2D eigenvalue weighted by Crippen LogP contribution is 2.19. The van der Waals surface area contributed by atoms with Crippen molar-refractivity contribution in [3.05, 3.63) is 65.1 Å². The Kier molecular flexibility index (Phi) is 2.22. The highest BCUT2D eigenvalue weighted by molar-refractivity contribution is 5.83. The molecular formula is C14H9NO2. The molecular weight excluding hydrogens is 214 g/mol. The topological polar surface area (TPSA) is 43.1 Å². The zero-order valence-corrected chi connectivity index (χ0v) is 8.96. The Morgan fingerprint density at radius 3 is 2.65 bits per heavy atom. The number of hydrogen-bond acceptors (Lipinski definition) is 3. The molecule has 2 heterocycles. The van der Waals surface area contributed by atoms with E-state index in [9.17, 15) is 4.79 Å². The second-order valence-electron chi connectivity index (χ2n) is 3.70. The van der Waals surface area contributed by atoms with Crippen LogP contribution in [0, 0.1) is 0 Å². The molecule has 3 aromatic rings. The zero-order valence-electron chi connectivity index (χ0n) is 8.96. The third-order valence-corrected chi connectivity index (χ3v) is 2.59. The first kappa shape index (κ1) is 9.78. The molecule has 82 valence electrons. The number of aromatic nitrogens is 1. The van der Waals surface area contributed by atoms with E-state index in [-0.39, 0.29) is 5.63 Å². The molecule has 0 bridgehead atoms. The Hall–Kier alpha value is -2.42. The number of pyridine rings is 1. The van der Waals surface area contributed by atoms with Gasteiger partial charge in [0.05, 0.1) is 5.39 Å². The van der Waals surface area contributed by atoms with E-state index in [2.05, 4.69) is 4.98 Å². The van der Waals surface area contributed by atoms with E-state index in [1.165, 1.54) is 0 Å². The van der Waals surface area contributed by atoms with Crippen molar-refractivity contribution in [3.63, 3.8) is 0 Å². The molecule has 3 rings (SSSR count). The van der Waals surface area contributed by atoms with Gasteiger partial charge in [0.15, 0.2) is 5.76 Å². The second-order valence-corrected chi connectivity index (χ2v) is 3.70. The van der Waals surface area contributed by atoms with Crippen LogP contribution < -0.4 is 5.63 Å². The number of nitrogens with zero attached hydrogens (tertiary/aromatic N) is 1. The van der Waals surface area contributed by atoms with Gasteiger partial charge in [-0.05, 0) is 29.7 Å². The van der Waals surface area contributed by atoms with Gasteiger partial charge >= 0.3 is 5.63 Å². The first-order chi connectivity index (χ1) is 8.34. The van der Waals surface area contributed by atoms with Crippen LogP contribution >= 0.6 is 0 Å². The predicted octanol–water partition coefficient (Wildman–Crippen LogP) is 2.86. The van der Waals surface area contributed by atoms with Crippen LogP contribution in [0.4, 0.5) is 0 Å². The standard InChI is InChI=1S/C14H9NO2/c16-14-11-6-2-1-5-10(11)9-13(17-14)12-7-3-4-8-15-12/h1-9H. The van der Waals surface area contributed by atoms with Gasteiger partial charge in [-0.15, -0.1) is 0 Å². The van der Waals surface area contributed by atoms with Crippen molar-refractivity contribution in [3.8, 4) is 11.5 Å². The van der Waals surface area contributed by atoms with Gasteiger partial charge in [-0.1, -0.05) is 24.3 Å². The average molecular weight is 223 g/mol. The van der Waals surface area contributed by atoms with Crippen LogP contribution in [0.5, 0.6) is 0 Å². The number of hydrogen-bond donors (Lipinski definition) is 0. The van der Waals surface area contributed by atoms with Gasteiger partial charge in [0.1, 0.15) is 5.69 Å². The molecule has 0 aliphatic carbocycles. The van der Waals surface area contributed by atoms with Crippen LogP contribution in [0.25, 0.3) is 22.2 Å². The summed E-state index contributed by atoms with van der Waals surface area (Å²) in [5, 5.41) is 1.46. The Bertz CT molecular complexity index is 717. The van der Waals surface area contributed by atoms with Gasteiger partial charge in [0.2, 0.25) is 0 Å². The lowest BCUT2D eigenvalue weighted by atomic mass is 10.1. The fourth-order valence-electron chi connectivity index (χ4n) is 1.77. The summed E-state index contributed by atoms with van der Waals surface area (Å²) in [5.74, 6) is 0.495. The fourth-order valence-corrected chi connectivity index (χ4v) is 1.77. The molecule has 0 fully saturated rings.